The van der Waals surface area contributed by atoms with Gasteiger partial charge in [-0.05, 0) is 36.4 Å². The number of carbonyl (C=O) groups is 1. The Bertz CT molecular complexity index is 590. The first-order valence-electron chi connectivity index (χ1n) is 7.14. The second-order valence-corrected chi connectivity index (χ2v) is 8.57. The molecule has 0 fully saturated rings. The third kappa shape index (κ3) is 4.27. The van der Waals surface area contributed by atoms with Crippen molar-refractivity contribution < 1.29 is 28.8 Å². The summed E-state index contributed by atoms with van der Waals surface area (Å²) in [4.78, 5) is 8.00. The molecule has 0 aromatic heterocycles. The van der Waals surface area contributed by atoms with Gasteiger partial charge >= 0.3 is 0 Å². The summed E-state index contributed by atoms with van der Waals surface area (Å²) in [6.45, 7) is 4.41. The van der Waals surface area contributed by atoms with Gasteiger partial charge in [-0.25, -0.2) is 0 Å². The van der Waals surface area contributed by atoms with Crippen LogP contribution in [-0.4, -0.2) is 13.5 Å². The molecule has 0 amide bonds. The SMILES string of the molecule is C=O.C[P+](c1ccccc1)(c1ccccc1)c1ccccc1.[I-]. The Hall–Kier alpha value is -1.51. The molecule has 0 spiro atoms. The van der Waals surface area contributed by atoms with E-state index in [2.05, 4.69) is 97.7 Å². The standard InChI is InChI=1S/C19H18P.CH2O.HI/c1-20(17-11-5-2-6-12-17,18-13-7-3-8-14-18)19-15-9-4-10-16-19;1-2;/h2-16H,1H3;1H2;1H/q+1;;/p-1. The lowest BCUT2D eigenvalue weighted by Crippen LogP contribution is -3.00. The smallest absolute Gasteiger partial charge is 0.109 e. The third-order valence-electron chi connectivity index (χ3n) is 3.82. The van der Waals surface area contributed by atoms with E-state index in [9.17, 15) is 0 Å². The maximum Gasteiger partial charge on any atom is 0.109 e. The van der Waals surface area contributed by atoms with Crippen LogP contribution in [0.2, 0.25) is 0 Å². The maximum absolute atomic E-state index is 8.00. The molecule has 0 atom stereocenters. The van der Waals surface area contributed by atoms with Crippen LogP contribution in [-0.2, 0) is 4.79 Å². The van der Waals surface area contributed by atoms with Crippen LogP contribution in [0.15, 0.2) is 91.0 Å². The molecule has 0 unspecified atom stereocenters. The molecular formula is C20H20IOP. The highest BCUT2D eigenvalue weighted by Crippen LogP contribution is 2.51. The Morgan fingerprint density at radius 2 is 0.783 bits per heavy atom. The first-order chi connectivity index (χ1) is 10.8. The van der Waals surface area contributed by atoms with Crippen molar-refractivity contribution >= 4 is 30.0 Å². The molecule has 0 heterocycles. The average Bonchev–Trinajstić information content (AvgIpc) is 2.65. The van der Waals surface area contributed by atoms with Gasteiger partial charge in [0.25, 0.3) is 0 Å². The summed E-state index contributed by atoms with van der Waals surface area (Å²) in [5.41, 5.74) is 0. The summed E-state index contributed by atoms with van der Waals surface area (Å²) in [5, 5.41) is 4.28. The fourth-order valence-corrected chi connectivity index (χ4v) is 5.83. The quantitative estimate of drug-likeness (QED) is 0.432. The molecule has 3 rings (SSSR count). The number of hydrogen-bond acceptors (Lipinski definition) is 1. The number of hydrogen-bond donors (Lipinski definition) is 0. The zero-order valence-electron chi connectivity index (χ0n) is 13.1. The third-order valence-corrected chi connectivity index (χ3v) is 7.81. The lowest BCUT2D eigenvalue weighted by molar-refractivity contribution is -0.0980. The van der Waals surface area contributed by atoms with Crippen LogP contribution in [0.1, 0.15) is 0 Å². The molecule has 3 aromatic rings. The van der Waals surface area contributed by atoms with E-state index < -0.39 is 7.26 Å². The first-order valence-corrected chi connectivity index (χ1v) is 9.37. The highest BCUT2D eigenvalue weighted by Gasteiger charge is 2.39. The van der Waals surface area contributed by atoms with Crippen LogP contribution < -0.4 is 39.9 Å². The highest BCUT2D eigenvalue weighted by molar-refractivity contribution is 7.95. The van der Waals surface area contributed by atoms with Gasteiger partial charge in [-0.15, -0.1) is 0 Å². The van der Waals surface area contributed by atoms with E-state index in [-0.39, 0.29) is 24.0 Å². The Morgan fingerprint density at radius 1 is 0.565 bits per heavy atom. The number of halogens is 1. The predicted octanol–water partition coefficient (Wildman–Crippen LogP) is 0.429. The minimum absolute atomic E-state index is 0. The second-order valence-electron chi connectivity index (χ2n) is 5.01. The van der Waals surface area contributed by atoms with Crippen LogP contribution in [0.25, 0.3) is 0 Å². The lowest BCUT2D eigenvalue weighted by atomic mass is 10.4. The maximum atomic E-state index is 8.00. The van der Waals surface area contributed by atoms with Crippen LogP contribution in [0.4, 0.5) is 0 Å². The molecule has 118 valence electrons. The van der Waals surface area contributed by atoms with Gasteiger partial charge in [0.1, 0.15) is 30.0 Å². The number of benzene rings is 3. The van der Waals surface area contributed by atoms with Crippen molar-refractivity contribution in [1.29, 1.82) is 0 Å². The zero-order chi connectivity index (χ0) is 15.8. The van der Waals surface area contributed by atoms with E-state index in [1.807, 2.05) is 6.79 Å². The van der Waals surface area contributed by atoms with Gasteiger partial charge in [0.15, 0.2) is 0 Å². The van der Waals surface area contributed by atoms with Gasteiger partial charge in [0.2, 0.25) is 0 Å². The largest absolute Gasteiger partial charge is 1.00 e. The van der Waals surface area contributed by atoms with E-state index >= 15 is 0 Å². The molecule has 23 heavy (non-hydrogen) atoms. The average molecular weight is 434 g/mol. The summed E-state index contributed by atoms with van der Waals surface area (Å²) in [6, 6.07) is 32.6. The summed E-state index contributed by atoms with van der Waals surface area (Å²) >= 11 is 0. The number of carbonyl (C=O) groups excluding carboxylic acids is 1. The molecule has 0 saturated carbocycles. The van der Waals surface area contributed by atoms with Gasteiger partial charge in [-0.3, -0.25) is 0 Å². The van der Waals surface area contributed by atoms with Gasteiger partial charge in [0.05, 0.1) is 6.66 Å². The van der Waals surface area contributed by atoms with E-state index in [0.29, 0.717) is 0 Å². The molecule has 0 saturated heterocycles. The molecule has 3 aromatic carbocycles. The van der Waals surface area contributed by atoms with Crippen molar-refractivity contribution in [2.24, 2.45) is 0 Å². The van der Waals surface area contributed by atoms with Gasteiger partial charge in [-0.2, -0.15) is 0 Å². The molecule has 0 aliphatic heterocycles. The molecule has 0 N–H and O–H groups in total. The fourth-order valence-electron chi connectivity index (χ4n) is 2.63. The summed E-state index contributed by atoms with van der Waals surface area (Å²) in [7, 11) is -1.53. The Balaban J connectivity index is 0.000000849. The van der Waals surface area contributed by atoms with Crippen LogP contribution >= 0.6 is 7.26 Å². The van der Waals surface area contributed by atoms with Crippen molar-refractivity contribution in [1.82, 2.24) is 0 Å². The summed E-state index contributed by atoms with van der Waals surface area (Å²) < 4.78 is 0. The van der Waals surface area contributed by atoms with Crippen molar-refractivity contribution in [2.75, 3.05) is 6.66 Å². The summed E-state index contributed by atoms with van der Waals surface area (Å²) in [6.07, 6.45) is 0. The Labute approximate surface area is 156 Å². The minimum Gasteiger partial charge on any atom is -1.00 e. The van der Waals surface area contributed by atoms with Crippen molar-refractivity contribution in [2.45, 2.75) is 0 Å². The second kappa shape index (κ2) is 9.59. The van der Waals surface area contributed by atoms with Crippen LogP contribution in [0.5, 0.6) is 0 Å². The van der Waals surface area contributed by atoms with Crippen molar-refractivity contribution in [3.63, 3.8) is 0 Å². The topological polar surface area (TPSA) is 17.1 Å². The van der Waals surface area contributed by atoms with Crippen LogP contribution in [0.3, 0.4) is 0 Å². The monoisotopic (exact) mass is 434 g/mol. The predicted molar refractivity (Wildman–Crippen MR) is 98.2 cm³/mol. The zero-order valence-corrected chi connectivity index (χ0v) is 16.2. The molecule has 3 heteroatoms. The fraction of sp³-hybridized carbons (Fsp3) is 0.0500. The van der Waals surface area contributed by atoms with E-state index in [4.69, 9.17) is 4.79 Å². The lowest BCUT2D eigenvalue weighted by Gasteiger charge is -2.22. The Kier molecular flexibility index (Phi) is 8.15. The molecule has 0 aliphatic carbocycles. The normalized spacial score (nSPS) is 9.96. The van der Waals surface area contributed by atoms with Gasteiger partial charge in [0, 0.05) is 0 Å². The van der Waals surface area contributed by atoms with Crippen molar-refractivity contribution in [3.05, 3.63) is 91.0 Å². The highest BCUT2D eigenvalue weighted by atomic mass is 127. The van der Waals surface area contributed by atoms with E-state index in [0.717, 1.165) is 0 Å². The Morgan fingerprint density at radius 3 is 1.00 bits per heavy atom. The minimum atomic E-state index is -1.53. The van der Waals surface area contributed by atoms with E-state index in [1.165, 1.54) is 15.9 Å². The molecule has 0 bridgehead atoms. The molecule has 1 nitrogen and oxygen atoms in total. The van der Waals surface area contributed by atoms with Gasteiger partial charge < -0.3 is 28.8 Å². The number of rotatable bonds is 3. The van der Waals surface area contributed by atoms with Gasteiger partial charge in [-0.1, -0.05) is 54.6 Å². The first kappa shape index (κ1) is 19.5. The van der Waals surface area contributed by atoms with Crippen molar-refractivity contribution in [3.8, 4) is 0 Å². The van der Waals surface area contributed by atoms with Crippen LogP contribution in [0, 0.1) is 0 Å². The molecule has 0 radical (unpaired) electrons. The molecule has 0 aliphatic rings. The summed E-state index contributed by atoms with van der Waals surface area (Å²) in [5.74, 6) is 0. The molecular weight excluding hydrogens is 414 g/mol. The van der Waals surface area contributed by atoms with E-state index in [1.54, 1.807) is 0 Å².